The quantitative estimate of drug-likeness (QED) is 0.332. The number of carbonyl (C=O) groups excluding carboxylic acids is 1. The molecule has 1 atom stereocenters. The SMILES string of the molecule is COC(=O)[C@@H](Cc1c[nH]c2ccccc12)NS(=O)(=O)c1ccc(Cl)c([N+](=O)[O-])c1. The number of halogens is 1. The number of sulfonamides is 1. The zero-order chi connectivity index (χ0) is 21.2. The van der Waals surface area contributed by atoms with Gasteiger partial charge in [-0.3, -0.25) is 14.9 Å². The van der Waals surface area contributed by atoms with E-state index in [1.54, 1.807) is 6.20 Å². The lowest BCUT2D eigenvalue weighted by molar-refractivity contribution is -0.384. The van der Waals surface area contributed by atoms with Crippen molar-refractivity contribution in [3.05, 3.63) is 69.4 Å². The first kappa shape index (κ1) is 20.8. The average molecular weight is 438 g/mol. The van der Waals surface area contributed by atoms with Crippen molar-refractivity contribution >= 4 is 44.2 Å². The minimum atomic E-state index is -4.27. The van der Waals surface area contributed by atoms with Crippen LogP contribution in [-0.2, 0) is 26.0 Å². The fourth-order valence-electron chi connectivity index (χ4n) is 2.89. The van der Waals surface area contributed by atoms with Crippen molar-refractivity contribution in [2.75, 3.05) is 7.11 Å². The number of benzene rings is 2. The van der Waals surface area contributed by atoms with Crippen molar-refractivity contribution in [1.29, 1.82) is 0 Å². The van der Waals surface area contributed by atoms with Crippen LogP contribution >= 0.6 is 11.6 Å². The number of rotatable bonds is 7. The van der Waals surface area contributed by atoms with Gasteiger partial charge in [0.05, 0.1) is 16.9 Å². The predicted octanol–water partition coefficient (Wildman–Crippen LogP) is 2.79. The number of ether oxygens (including phenoxy) is 1. The van der Waals surface area contributed by atoms with Crippen LogP contribution in [0.15, 0.2) is 53.6 Å². The molecule has 29 heavy (non-hydrogen) atoms. The molecule has 11 heteroatoms. The highest BCUT2D eigenvalue weighted by molar-refractivity contribution is 7.89. The first-order chi connectivity index (χ1) is 13.7. The lowest BCUT2D eigenvalue weighted by atomic mass is 10.1. The summed E-state index contributed by atoms with van der Waals surface area (Å²) >= 11 is 5.74. The lowest BCUT2D eigenvalue weighted by Gasteiger charge is -2.16. The number of H-pyrrole nitrogens is 1. The molecule has 0 aliphatic carbocycles. The minimum Gasteiger partial charge on any atom is -0.468 e. The maximum Gasteiger partial charge on any atom is 0.324 e. The van der Waals surface area contributed by atoms with Gasteiger partial charge in [0, 0.05) is 29.6 Å². The van der Waals surface area contributed by atoms with Crippen LogP contribution in [0, 0.1) is 10.1 Å². The van der Waals surface area contributed by atoms with Crippen molar-refractivity contribution in [3.8, 4) is 0 Å². The number of hydrogen-bond acceptors (Lipinski definition) is 6. The zero-order valence-electron chi connectivity index (χ0n) is 15.1. The van der Waals surface area contributed by atoms with Crippen molar-refractivity contribution < 1.29 is 22.9 Å². The number of nitro groups is 1. The van der Waals surface area contributed by atoms with E-state index in [4.69, 9.17) is 16.3 Å². The van der Waals surface area contributed by atoms with Gasteiger partial charge in [-0.05, 0) is 23.8 Å². The molecule has 9 nitrogen and oxygen atoms in total. The molecule has 0 radical (unpaired) electrons. The summed E-state index contributed by atoms with van der Waals surface area (Å²) in [6, 6.07) is 9.19. The summed E-state index contributed by atoms with van der Waals surface area (Å²) in [5, 5.41) is 11.7. The van der Waals surface area contributed by atoms with E-state index in [2.05, 4.69) is 9.71 Å². The highest BCUT2D eigenvalue weighted by Gasteiger charge is 2.29. The van der Waals surface area contributed by atoms with Crippen LogP contribution in [0.5, 0.6) is 0 Å². The number of nitrogens with zero attached hydrogens (tertiary/aromatic N) is 1. The fraction of sp³-hybridized carbons (Fsp3) is 0.167. The predicted molar refractivity (Wildman–Crippen MR) is 106 cm³/mol. The Balaban J connectivity index is 1.93. The molecule has 2 N–H and O–H groups in total. The van der Waals surface area contributed by atoms with Crippen LogP contribution < -0.4 is 4.72 Å². The molecule has 152 valence electrons. The average Bonchev–Trinajstić information content (AvgIpc) is 3.09. The van der Waals surface area contributed by atoms with Gasteiger partial charge < -0.3 is 9.72 Å². The summed E-state index contributed by atoms with van der Waals surface area (Å²) < 4.78 is 32.5. The van der Waals surface area contributed by atoms with Crippen molar-refractivity contribution in [1.82, 2.24) is 9.71 Å². The van der Waals surface area contributed by atoms with Crippen molar-refractivity contribution in [2.24, 2.45) is 0 Å². The summed E-state index contributed by atoms with van der Waals surface area (Å²) in [6.07, 6.45) is 1.70. The molecule has 3 aromatic rings. The number of nitro benzene ring substituents is 1. The molecular weight excluding hydrogens is 422 g/mol. The van der Waals surface area contributed by atoms with E-state index < -0.39 is 32.6 Å². The van der Waals surface area contributed by atoms with Crippen LogP contribution in [0.25, 0.3) is 10.9 Å². The second kappa shape index (κ2) is 8.19. The number of aromatic amines is 1. The van der Waals surface area contributed by atoms with Crippen LogP contribution in [0.1, 0.15) is 5.56 Å². The number of methoxy groups -OCH3 is 1. The van der Waals surface area contributed by atoms with Crippen molar-refractivity contribution in [2.45, 2.75) is 17.4 Å². The van der Waals surface area contributed by atoms with Crippen LogP contribution in [0.3, 0.4) is 0 Å². The Morgan fingerprint density at radius 3 is 2.72 bits per heavy atom. The summed E-state index contributed by atoms with van der Waals surface area (Å²) in [5.41, 5.74) is 0.990. The summed E-state index contributed by atoms with van der Waals surface area (Å²) in [4.78, 5) is 25.1. The Morgan fingerprint density at radius 1 is 1.31 bits per heavy atom. The molecular formula is C18H16ClN3O6S. The van der Waals surface area contributed by atoms with E-state index in [1.165, 1.54) is 0 Å². The smallest absolute Gasteiger partial charge is 0.324 e. The molecule has 2 aromatic carbocycles. The molecule has 0 saturated heterocycles. The molecule has 0 saturated carbocycles. The third kappa shape index (κ3) is 4.39. The van der Waals surface area contributed by atoms with Gasteiger partial charge in [-0.15, -0.1) is 0 Å². The molecule has 0 aliphatic heterocycles. The summed E-state index contributed by atoms with van der Waals surface area (Å²) in [6.45, 7) is 0. The highest BCUT2D eigenvalue weighted by atomic mass is 35.5. The van der Waals surface area contributed by atoms with E-state index in [9.17, 15) is 23.3 Å². The third-order valence-corrected chi connectivity index (χ3v) is 6.10. The normalized spacial score (nSPS) is 12.6. The molecule has 1 heterocycles. The summed E-state index contributed by atoms with van der Waals surface area (Å²) in [5.74, 6) is -0.790. The maximum atomic E-state index is 12.7. The first-order valence-corrected chi connectivity index (χ1v) is 10.2. The third-order valence-electron chi connectivity index (χ3n) is 4.31. The zero-order valence-corrected chi connectivity index (χ0v) is 16.7. The number of hydrogen-bond donors (Lipinski definition) is 2. The van der Waals surface area contributed by atoms with E-state index >= 15 is 0 Å². The first-order valence-electron chi connectivity index (χ1n) is 8.32. The Kier molecular flexibility index (Phi) is 5.87. The number of nitrogens with one attached hydrogen (secondary N) is 2. The topological polar surface area (TPSA) is 131 Å². The largest absolute Gasteiger partial charge is 0.468 e. The fourth-order valence-corrected chi connectivity index (χ4v) is 4.28. The van der Waals surface area contributed by atoms with E-state index in [0.29, 0.717) is 5.56 Å². The summed E-state index contributed by atoms with van der Waals surface area (Å²) in [7, 11) is -3.12. The molecule has 3 rings (SSSR count). The number of aromatic nitrogens is 1. The standard InChI is InChI=1S/C18H16ClN3O6S/c1-28-18(23)16(8-11-10-20-15-5-3-2-4-13(11)15)21-29(26,27)12-6-7-14(19)17(9-12)22(24)25/h2-7,9-10,16,20-21H,8H2,1H3/t16-/m1/s1. The van der Waals surface area contributed by atoms with Gasteiger partial charge in [0.2, 0.25) is 10.0 Å². The van der Waals surface area contributed by atoms with Crippen molar-refractivity contribution in [3.63, 3.8) is 0 Å². The number of fused-ring (bicyclic) bond motifs is 1. The van der Waals surface area contributed by atoms with Crippen LogP contribution in [0.2, 0.25) is 5.02 Å². The van der Waals surface area contributed by atoms with Gasteiger partial charge in [-0.25, -0.2) is 8.42 Å². The lowest BCUT2D eigenvalue weighted by Crippen LogP contribution is -2.42. The maximum absolute atomic E-state index is 12.7. The van der Waals surface area contributed by atoms with Gasteiger partial charge in [-0.2, -0.15) is 4.72 Å². The van der Waals surface area contributed by atoms with Gasteiger partial charge in [-0.1, -0.05) is 29.8 Å². The molecule has 0 amide bonds. The Bertz CT molecular complexity index is 1190. The second-order valence-corrected chi connectivity index (χ2v) is 8.25. The molecule has 0 fully saturated rings. The van der Waals surface area contributed by atoms with E-state index in [1.807, 2.05) is 24.3 Å². The number of esters is 1. The van der Waals surface area contributed by atoms with Gasteiger partial charge in [0.1, 0.15) is 11.1 Å². The number of carbonyl (C=O) groups is 1. The van der Waals surface area contributed by atoms with E-state index in [-0.39, 0.29) is 16.3 Å². The van der Waals surface area contributed by atoms with Crippen LogP contribution in [-0.4, -0.2) is 37.4 Å². The molecule has 0 aliphatic rings. The molecule has 0 unspecified atom stereocenters. The van der Waals surface area contributed by atoms with Gasteiger partial charge >= 0.3 is 5.97 Å². The van der Waals surface area contributed by atoms with Gasteiger partial charge in [0.25, 0.3) is 5.69 Å². The molecule has 0 bridgehead atoms. The van der Waals surface area contributed by atoms with E-state index in [0.717, 1.165) is 36.2 Å². The highest BCUT2D eigenvalue weighted by Crippen LogP contribution is 2.27. The van der Waals surface area contributed by atoms with Gasteiger partial charge in [0.15, 0.2) is 0 Å². The minimum absolute atomic E-state index is 0.0194. The Labute approximate surface area is 170 Å². The Morgan fingerprint density at radius 2 is 2.03 bits per heavy atom. The van der Waals surface area contributed by atoms with Crippen LogP contribution in [0.4, 0.5) is 5.69 Å². The monoisotopic (exact) mass is 437 g/mol. The Hall–Kier alpha value is -2.95. The molecule has 0 spiro atoms. The number of para-hydroxylation sites is 1. The molecule has 1 aromatic heterocycles. The second-order valence-electron chi connectivity index (χ2n) is 6.13.